The summed E-state index contributed by atoms with van der Waals surface area (Å²) in [6.45, 7) is 0.102. The number of aliphatic hydroxyl groups excluding tert-OH is 1. The number of fused-ring (bicyclic) bond motifs is 1. The lowest BCUT2D eigenvalue weighted by Gasteiger charge is -2.13. The zero-order chi connectivity index (χ0) is 15.0. The molecule has 0 aromatic heterocycles. The molecule has 1 unspecified atom stereocenters. The van der Waals surface area contributed by atoms with Gasteiger partial charge in [-0.05, 0) is 41.5 Å². The maximum Gasteiger partial charge on any atom is 0.231 e. The van der Waals surface area contributed by atoms with Crippen LogP contribution in [-0.4, -0.2) is 11.9 Å². The molecular weight excluding hydrogens is 318 g/mol. The summed E-state index contributed by atoms with van der Waals surface area (Å²) in [7, 11) is 0. The van der Waals surface area contributed by atoms with Gasteiger partial charge in [-0.15, -0.1) is 0 Å². The van der Waals surface area contributed by atoms with E-state index in [0.29, 0.717) is 32.7 Å². The van der Waals surface area contributed by atoms with Crippen molar-refractivity contribution < 1.29 is 19.0 Å². The number of hydrogen-bond acceptors (Lipinski definition) is 3. The Balaban J connectivity index is 1.87. The fourth-order valence-electron chi connectivity index (χ4n) is 2.21. The van der Waals surface area contributed by atoms with E-state index in [4.69, 9.17) is 32.7 Å². The Bertz CT molecular complexity index is 691. The first-order valence-corrected chi connectivity index (χ1v) is 7.01. The quantitative estimate of drug-likeness (QED) is 0.920. The summed E-state index contributed by atoms with van der Waals surface area (Å²) in [4.78, 5) is 0. The Morgan fingerprint density at radius 2 is 1.95 bits per heavy atom. The van der Waals surface area contributed by atoms with Gasteiger partial charge >= 0.3 is 0 Å². The summed E-state index contributed by atoms with van der Waals surface area (Å²) in [6, 6.07) is 7.31. The highest BCUT2D eigenvalue weighted by molar-refractivity contribution is 6.32. The third kappa shape index (κ3) is 2.93. The van der Waals surface area contributed by atoms with E-state index >= 15 is 0 Å². The second-order valence-corrected chi connectivity index (χ2v) is 5.51. The molecule has 3 rings (SSSR count). The van der Waals surface area contributed by atoms with Crippen molar-refractivity contribution in [2.45, 2.75) is 12.5 Å². The van der Waals surface area contributed by atoms with Crippen LogP contribution in [0.1, 0.15) is 17.2 Å². The lowest BCUT2D eigenvalue weighted by Crippen LogP contribution is -2.03. The highest BCUT2D eigenvalue weighted by atomic mass is 35.5. The molecule has 0 aliphatic carbocycles. The van der Waals surface area contributed by atoms with E-state index in [-0.39, 0.29) is 13.2 Å². The Morgan fingerprint density at radius 3 is 2.76 bits per heavy atom. The Hall–Kier alpha value is -1.49. The van der Waals surface area contributed by atoms with Crippen LogP contribution in [0, 0.1) is 5.82 Å². The van der Waals surface area contributed by atoms with Gasteiger partial charge in [0.2, 0.25) is 6.79 Å². The molecule has 0 bridgehead atoms. The third-order valence-electron chi connectivity index (χ3n) is 3.26. The normalized spacial score (nSPS) is 14.3. The molecule has 0 fully saturated rings. The monoisotopic (exact) mass is 328 g/mol. The van der Waals surface area contributed by atoms with Gasteiger partial charge in [-0.2, -0.15) is 0 Å². The standard InChI is InChI=1S/C15H11Cl2FO3/c16-11-2-1-10(18)3-8(11)5-13(19)9-4-12(17)15-14(6-9)20-7-21-15/h1-4,6,13,19H,5,7H2. The maximum absolute atomic E-state index is 13.2. The van der Waals surface area contributed by atoms with E-state index in [1.807, 2.05) is 0 Å². The first-order chi connectivity index (χ1) is 10.0. The minimum atomic E-state index is -0.878. The first kappa shape index (κ1) is 14.4. The molecule has 0 amide bonds. The van der Waals surface area contributed by atoms with Gasteiger partial charge in [0.1, 0.15) is 5.82 Å². The van der Waals surface area contributed by atoms with E-state index in [9.17, 15) is 9.50 Å². The molecule has 2 aromatic carbocycles. The van der Waals surface area contributed by atoms with Gasteiger partial charge in [0.15, 0.2) is 11.5 Å². The van der Waals surface area contributed by atoms with Crippen LogP contribution in [0.5, 0.6) is 11.5 Å². The molecule has 1 N–H and O–H groups in total. The summed E-state index contributed by atoms with van der Waals surface area (Å²) in [6.07, 6.45) is -0.705. The average molecular weight is 329 g/mol. The molecule has 21 heavy (non-hydrogen) atoms. The van der Waals surface area contributed by atoms with Gasteiger partial charge in [0.25, 0.3) is 0 Å². The van der Waals surface area contributed by atoms with Crippen LogP contribution >= 0.6 is 23.2 Å². The van der Waals surface area contributed by atoms with Crippen molar-refractivity contribution in [3.63, 3.8) is 0 Å². The molecule has 1 heterocycles. The summed E-state index contributed by atoms with van der Waals surface area (Å²) in [5, 5.41) is 11.1. The number of halogens is 3. The summed E-state index contributed by atoms with van der Waals surface area (Å²) < 4.78 is 23.7. The van der Waals surface area contributed by atoms with Crippen molar-refractivity contribution in [1.82, 2.24) is 0 Å². The number of hydrogen-bond donors (Lipinski definition) is 1. The van der Waals surface area contributed by atoms with E-state index in [1.165, 1.54) is 18.2 Å². The van der Waals surface area contributed by atoms with Crippen molar-refractivity contribution in [3.8, 4) is 11.5 Å². The van der Waals surface area contributed by atoms with Crippen LogP contribution in [0.2, 0.25) is 10.0 Å². The van der Waals surface area contributed by atoms with Gasteiger partial charge < -0.3 is 14.6 Å². The Morgan fingerprint density at radius 1 is 1.14 bits per heavy atom. The summed E-state index contributed by atoms with van der Waals surface area (Å²) >= 11 is 12.1. The molecule has 3 nitrogen and oxygen atoms in total. The molecule has 6 heteroatoms. The molecule has 0 saturated heterocycles. The van der Waals surface area contributed by atoms with Crippen molar-refractivity contribution in [1.29, 1.82) is 0 Å². The average Bonchev–Trinajstić information content (AvgIpc) is 2.91. The molecule has 0 saturated carbocycles. The maximum atomic E-state index is 13.2. The molecule has 1 aliphatic rings. The lowest BCUT2D eigenvalue weighted by atomic mass is 10.0. The molecular formula is C15H11Cl2FO3. The first-order valence-electron chi connectivity index (χ1n) is 6.25. The van der Waals surface area contributed by atoms with Gasteiger partial charge in [0, 0.05) is 11.4 Å². The third-order valence-corrected chi connectivity index (χ3v) is 3.90. The Kier molecular flexibility index (Phi) is 3.93. The zero-order valence-electron chi connectivity index (χ0n) is 10.8. The van der Waals surface area contributed by atoms with E-state index < -0.39 is 11.9 Å². The lowest BCUT2D eigenvalue weighted by molar-refractivity contribution is 0.171. The van der Waals surface area contributed by atoms with Gasteiger partial charge in [0.05, 0.1) is 11.1 Å². The molecule has 1 aliphatic heterocycles. The Labute approximate surface area is 130 Å². The van der Waals surface area contributed by atoms with Crippen LogP contribution in [0.25, 0.3) is 0 Å². The number of aliphatic hydroxyl groups is 1. The largest absolute Gasteiger partial charge is 0.454 e. The van der Waals surface area contributed by atoms with Crippen LogP contribution < -0.4 is 9.47 Å². The minimum absolute atomic E-state index is 0.102. The number of ether oxygens (including phenoxy) is 2. The molecule has 0 spiro atoms. The van der Waals surface area contributed by atoms with Crippen LogP contribution in [0.3, 0.4) is 0 Å². The van der Waals surface area contributed by atoms with E-state index in [0.717, 1.165) is 0 Å². The molecule has 1 atom stereocenters. The van der Waals surface area contributed by atoms with E-state index in [2.05, 4.69) is 0 Å². The van der Waals surface area contributed by atoms with Crippen molar-refractivity contribution >= 4 is 23.2 Å². The second kappa shape index (κ2) is 5.72. The van der Waals surface area contributed by atoms with Crippen molar-refractivity contribution in [2.24, 2.45) is 0 Å². The van der Waals surface area contributed by atoms with Gasteiger partial charge in [-0.3, -0.25) is 0 Å². The van der Waals surface area contributed by atoms with Crippen LogP contribution in [-0.2, 0) is 6.42 Å². The fourth-order valence-corrected chi connectivity index (χ4v) is 2.67. The zero-order valence-corrected chi connectivity index (χ0v) is 12.3. The van der Waals surface area contributed by atoms with Gasteiger partial charge in [-0.1, -0.05) is 23.2 Å². The minimum Gasteiger partial charge on any atom is -0.454 e. The highest BCUT2D eigenvalue weighted by Crippen LogP contribution is 2.41. The highest BCUT2D eigenvalue weighted by Gasteiger charge is 2.21. The predicted octanol–water partition coefficient (Wildman–Crippen LogP) is 4.14. The molecule has 2 aromatic rings. The second-order valence-electron chi connectivity index (χ2n) is 4.69. The van der Waals surface area contributed by atoms with Gasteiger partial charge in [-0.25, -0.2) is 4.39 Å². The fraction of sp³-hybridized carbons (Fsp3) is 0.200. The topological polar surface area (TPSA) is 38.7 Å². The smallest absolute Gasteiger partial charge is 0.231 e. The molecule has 110 valence electrons. The van der Waals surface area contributed by atoms with Crippen molar-refractivity contribution in [3.05, 3.63) is 57.3 Å². The summed E-state index contributed by atoms with van der Waals surface area (Å²) in [5.41, 5.74) is 1.09. The number of benzene rings is 2. The van der Waals surface area contributed by atoms with Crippen molar-refractivity contribution in [2.75, 3.05) is 6.79 Å². The van der Waals surface area contributed by atoms with E-state index in [1.54, 1.807) is 12.1 Å². The van der Waals surface area contributed by atoms with Crippen LogP contribution in [0.4, 0.5) is 4.39 Å². The summed E-state index contributed by atoms with van der Waals surface area (Å²) in [5.74, 6) is 0.559. The van der Waals surface area contributed by atoms with Crippen LogP contribution in [0.15, 0.2) is 30.3 Å². The predicted molar refractivity (Wildman–Crippen MR) is 77.6 cm³/mol. The SMILES string of the molecule is OC(Cc1cc(F)ccc1Cl)c1cc(Cl)c2c(c1)OCO2. The molecule has 0 radical (unpaired) electrons. The number of rotatable bonds is 3.